The summed E-state index contributed by atoms with van der Waals surface area (Å²) in [6, 6.07) is 17.8. The molecular formula is C19H14BrIN2O2S2. The van der Waals surface area contributed by atoms with Crippen LogP contribution in [-0.4, -0.2) is 18.0 Å². The smallest absolute Gasteiger partial charge is 0.369 e. The summed E-state index contributed by atoms with van der Waals surface area (Å²) in [5, 5.41) is 5.60. The number of benzene rings is 2. The van der Waals surface area contributed by atoms with Crippen molar-refractivity contribution >= 4 is 43.9 Å². The van der Waals surface area contributed by atoms with E-state index < -0.39 is 0 Å². The number of amides is 1. The van der Waals surface area contributed by atoms with Crippen LogP contribution in [0.1, 0.15) is 10.4 Å². The number of hydrogen-bond donors (Lipinski definition) is 1. The number of thiazole rings is 1. The summed E-state index contributed by atoms with van der Waals surface area (Å²) in [7, 11) is 1.64. The molecule has 0 saturated carbocycles. The molecule has 0 unspecified atom stereocenters. The first-order valence-electron chi connectivity index (χ1n) is 7.75. The molecule has 0 bridgehead atoms. The maximum atomic E-state index is 12.6. The van der Waals surface area contributed by atoms with Gasteiger partial charge in [-0.2, -0.15) is 0 Å². The second-order valence-corrected chi connectivity index (χ2v) is 11.0. The first-order valence-corrected chi connectivity index (χ1v) is 11.6. The molecule has 2 aromatic carbocycles. The Labute approximate surface area is 185 Å². The number of ether oxygens (including phenoxy) is 1. The number of fused-ring (bicyclic) bond motifs is 1. The van der Waals surface area contributed by atoms with Crippen molar-refractivity contribution in [2.24, 2.45) is 0 Å². The zero-order valence-electron chi connectivity index (χ0n) is 14.1. The molecule has 0 aliphatic rings. The van der Waals surface area contributed by atoms with Gasteiger partial charge in [0.05, 0.1) is 17.3 Å². The number of nitrogens with one attached hydrogen (secondary N) is 1. The number of nitrogens with zero attached hydrogens (tertiary/aromatic N) is 1. The summed E-state index contributed by atoms with van der Waals surface area (Å²) in [4.78, 5) is 17.1. The highest BCUT2D eigenvalue weighted by atomic mass is 127. The molecule has 0 spiro atoms. The number of anilines is 1. The molecule has 1 N–H and O–H groups in total. The Morgan fingerprint density at radius 3 is 2.81 bits per heavy atom. The van der Waals surface area contributed by atoms with Crippen molar-refractivity contribution in [3.05, 3.63) is 72.0 Å². The van der Waals surface area contributed by atoms with Crippen molar-refractivity contribution < 1.29 is 47.7 Å². The Morgan fingerprint density at radius 1 is 1.15 bits per heavy atom. The monoisotopic (exact) mass is 572 g/mol. The molecule has 0 atom stereocenters. The van der Waals surface area contributed by atoms with Crippen molar-refractivity contribution in [1.29, 1.82) is 0 Å². The third-order valence-corrected chi connectivity index (χ3v) is 8.64. The first kappa shape index (κ1) is 20.2. The van der Waals surface area contributed by atoms with Gasteiger partial charge in [0.2, 0.25) is 2.88 Å². The van der Waals surface area contributed by atoms with E-state index in [1.54, 1.807) is 18.4 Å². The number of thiophene rings is 1. The average molecular weight is 573 g/mol. The second-order valence-electron chi connectivity index (χ2n) is 5.33. The molecule has 4 rings (SSSR count). The number of methoxy groups -OCH3 is 1. The van der Waals surface area contributed by atoms with Gasteiger partial charge in [-0.05, 0) is 41.8 Å². The standard InChI is InChI=1S/C19H13IN2O2S2.BrH/c1-24-14-7-8-15-16(11-14)26-19(21-15)22-18(23)12-4-2-5-13(10-12)20-17-6-3-9-25-17;/h2-11H,1H3;1H. The molecule has 1 amide bonds. The van der Waals surface area contributed by atoms with Crippen molar-refractivity contribution in [2.75, 3.05) is 12.4 Å². The lowest BCUT2D eigenvalue weighted by Crippen LogP contribution is -3.61. The molecule has 2 heterocycles. The van der Waals surface area contributed by atoms with Crippen molar-refractivity contribution in [3.8, 4) is 5.75 Å². The van der Waals surface area contributed by atoms with Gasteiger partial charge in [0, 0.05) is 17.7 Å². The predicted octanol–water partition coefficient (Wildman–Crippen LogP) is -1.25. The molecule has 138 valence electrons. The van der Waals surface area contributed by atoms with Crippen molar-refractivity contribution in [2.45, 2.75) is 0 Å². The van der Waals surface area contributed by atoms with Crippen LogP contribution < -0.4 is 48.2 Å². The fourth-order valence-corrected chi connectivity index (χ4v) is 7.04. The third-order valence-electron chi connectivity index (χ3n) is 3.59. The average Bonchev–Trinajstić information content (AvgIpc) is 3.30. The van der Waals surface area contributed by atoms with Gasteiger partial charge in [-0.1, -0.05) is 28.7 Å². The van der Waals surface area contributed by atoms with E-state index in [0.717, 1.165) is 16.0 Å². The van der Waals surface area contributed by atoms with Crippen molar-refractivity contribution in [1.82, 2.24) is 4.98 Å². The maximum Gasteiger partial charge on any atom is 0.369 e. The lowest BCUT2D eigenvalue weighted by atomic mass is 10.2. The number of carbonyl (C=O) groups excluding carboxylic acids is 1. The van der Waals surface area contributed by atoms with Gasteiger partial charge < -0.3 is 21.7 Å². The van der Waals surface area contributed by atoms with Gasteiger partial charge in [0.25, 0.3) is 5.91 Å². The number of carbonyl (C=O) groups is 1. The Balaban J connectivity index is 0.00000210. The summed E-state index contributed by atoms with van der Waals surface area (Å²) in [5.74, 6) is 0.650. The molecule has 0 aliphatic carbocycles. The Hall–Kier alpha value is -1.49. The molecule has 4 nitrogen and oxygen atoms in total. The molecule has 27 heavy (non-hydrogen) atoms. The first-order chi connectivity index (χ1) is 12.7. The zero-order chi connectivity index (χ0) is 17.9. The fraction of sp³-hybridized carbons (Fsp3) is 0.0526. The summed E-state index contributed by atoms with van der Waals surface area (Å²) in [6.45, 7) is 0. The highest BCUT2D eigenvalue weighted by molar-refractivity contribution is 7.22. The van der Waals surface area contributed by atoms with Crippen LogP contribution in [0.15, 0.2) is 60.0 Å². The maximum absolute atomic E-state index is 12.6. The van der Waals surface area contributed by atoms with Crippen LogP contribution in [0.3, 0.4) is 0 Å². The van der Waals surface area contributed by atoms with E-state index in [2.05, 4.69) is 33.9 Å². The second kappa shape index (κ2) is 9.13. The highest BCUT2D eigenvalue weighted by Crippen LogP contribution is 2.29. The zero-order valence-corrected chi connectivity index (χ0v) is 19.5. The van der Waals surface area contributed by atoms with E-state index in [1.165, 1.54) is 17.8 Å². The lowest BCUT2D eigenvalue weighted by Gasteiger charge is -2.00. The molecule has 4 aromatic rings. The minimum Gasteiger partial charge on any atom is -1.00 e. The Bertz CT molecular complexity index is 1070. The minimum atomic E-state index is -0.247. The lowest BCUT2D eigenvalue weighted by molar-refractivity contribution is -0.591. The normalized spacial score (nSPS) is 10.4. The van der Waals surface area contributed by atoms with Crippen LogP contribution in [-0.2, 0) is 0 Å². The van der Waals surface area contributed by atoms with Gasteiger partial charge in [-0.3, -0.25) is 10.1 Å². The minimum absolute atomic E-state index is 0. The van der Waals surface area contributed by atoms with Crippen LogP contribution in [0.2, 0.25) is 0 Å². The van der Waals surface area contributed by atoms with E-state index in [1.807, 2.05) is 36.4 Å². The largest absolute Gasteiger partial charge is 1.00 e. The summed E-state index contributed by atoms with van der Waals surface area (Å²) in [5.41, 5.74) is 1.51. The van der Waals surface area contributed by atoms with E-state index in [4.69, 9.17) is 4.74 Å². The summed E-state index contributed by atoms with van der Waals surface area (Å²) in [6.07, 6.45) is 0. The molecule has 0 aliphatic heterocycles. The van der Waals surface area contributed by atoms with E-state index in [0.29, 0.717) is 10.7 Å². The van der Waals surface area contributed by atoms with E-state index in [9.17, 15) is 4.79 Å². The number of hydrogen-bond acceptors (Lipinski definition) is 5. The molecule has 0 saturated heterocycles. The number of aromatic nitrogens is 1. The molecule has 0 radical (unpaired) electrons. The number of halogens is 2. The van der Waals surface area contributed by atoms with Gasteiger partial charge >= 0.3 is 21.2 Å². The van der Waals surface area contributed by atoms with E-state index >= 15 is 0 Å². The molecule has 0 fully saturated rings. The fourth-order valence-electron chi connectivity index (χ4n) is 2.36. The molecule has 8 heteroatoms. The topological polar surface area (TPSA) is 51.2 Å². The Kier molecular flexibility index (Phi) is 6.85. The van der Waals surface area contributed by atoms with Crippen LogP contribution in [0.4, 0.5) is 5.13 Å². The quantitative estimate of drug-likeness (QED) is 0.304. The van der Waals surface area contributed by atoms with Crippen molar-refractivity contribution in [3.63, 3.8) is 0 Å². The van der Waals surface area contributed by atoms with Crippen LogP contribution >= 0.6 is 22.7 Å². The third kappa shape index (κ3) is 4.87. The van der Waals surface area contributed by atoms with Gasteiger partial charge in [0.15, 0.2) is 8.70 Å². The predicted molar refractivity (Wildman–Crippen MR) is 102 cm³/mol. The van der Waals surface area contributed by atoms with Crippen LogP contribution in [0, 0.1) is 6.45 Å². The summed E-state index contributed by atoms with van der Waals surface area (Å²) >= 11 is 2.97. The van der Waals surface area contributed by atoms with Gasteiger partial charge in [-0.15, -0.1) is 0 Å². The molecular weight excluding hydrogens is 559 g/mol. The summed E-state index contributed by atoms with van der Waals surface area (Å²) < 4.78 is 8.84. The van der Waals surface area contributed by atoms with Gasteiger partial charge in [-0.25, -0.2) is 4.98 Å². The van der Waals surface area contributed by atoms with Gasteiger partial charge in [0.1, 0.15) is 5.75 Å². The number of rotatable bonds is 5. The molecule has 2 aromatic heterocycles. The Morgan fingerprint density at radius 2 is 2.04 bits per heavy atom. The SMILES string of the molecule is COc1ccc2nc(NC(=O)c3cccc([I+]c4cccs4)c3)sc2c1.[Br-]. The van der Waals surface area contributed by atoms with E-state index in [-0.39, 0.29) is 44.1 Å². The van der Waals surface area contributed by atoms with Crippen LogP contribution in [0.5, 0.6) is 5.75 Å². The highest BCUT2D eigenvalue weighted by Gasteiger charge is 2.19. The van der Waals surface area contributed by atoms with Crippen LogP contribution in [0.25, 0.3) is 10.2 Å².